The summed E-state index contributed by atoms with van der Waals surface area (Å²) < 4.78 is 18.4. The second kappa shape index (κ2) is 5.52. The minimum atomic E-state index is -0.317. The summed E-state index contributed by atoms with van der Waals surface area (Å²) in [6.45, 7) is 0.187. The summed E-state index contributed by atoms with van der Waals surface area (Å²) >= 11 is 5.87. The maximum atomic E-state index is 13.0. The van der Waals surface area contributed by atoms with Crippen molar-refractivity contribution in [2.45, 2.75) is 6.61 Å². The highest BCUT2D eigenvalue weighted by Gasteiger charge is 2.07. The van der Waals surface area contributed by atoms with Crippen LogP contribution in [0.15, 0.2) is 42.5 Å². The van der Waals surface area contributed by atoms with E-state index in [1.807, 2.05) is 6.07 Å². The van der Waals surface area contributed by atoms with Crippen LogP contribution in [0.5, 0.6) is 5.75 Å². The lowest BCUT2D eigenvalue weighted by Gasteiger charge is -2.08. The van der Waals surface area contributed by atoms with Crippen molar-refractivity contribution in [1.29, 1.82) is 5.26 Å². The Labute approximate surface area is 109 Å². The molecule has 90 valence electrons. The summed E-state index contributed by atoms with van der Waals surface area (Å²) in [5.74, 6) is 0.0805. The van der Waals surface area contributed by atoms with Crippen LogP contribution < -0.4 is 4.74 Å². The molecule has 0 heterocycles. The van der Waals surface area contributed by atoms with Crippen LogP contribution in [0.4, 0.5) is 4.39 Å². The van der Waals surface area contributed by atoms with E-state index >= 15 is 0 Å². The number of nitriles is 1. The van der Waals surface area contributed by atoms with Crippen LogP contribution in [-0.4, -0.2) is 0 Å². The van der Waals surface area contributed by atoms with Crippen LogP contribution in [0.1, 0.15) is 11.1 Å². The van der Waals surface area contributed by atoms with Gasteiger partial charge in [-0.1, -0.05) is 29.8 Å². The predicted octanol–water partition coefficient (Wildman–Crippen LogP) is 3.93. The van der Waals surface area contributed by atoms with Crippen molar-refractivity contribution in [3.05, 3.63) is 64.4 Å². The number of ether oxygens (including phenoxy) is 1. The molecule has 0 fully saturated rings. The second-order valence-electron chi connectivity index (χ2n) is 3.64. The molecule has 2 rings (SSSR count). The molecule has 0 aliphatic carbocycles. The maximum Gasteiger partial charge on any atom is 0.139 e. The average molecular weight is 262 g/mol. The molecule has 2 aromatic carbocycles. The normalized spacial score (nSPS) is 9.83. The van der Waals surface area contributed by atoms with Gasteiger partial charge in [-0.25, -0.2) is 4.39 Å². The third kappa shape index (κ3) is 2.79. The van der Waals surface area contributed by atoms with E-state index in [4.69, 9.17) is 21.6 Å². The van der Waals surface area contributed by atoms with Gasteiger partial charge in [-0.15, -0.1) is 0 Å². The Bertz CT molecular complexity index is 607. The number of rotatable bonds is 3. The summed E-state index contributed by atoms with van der Waals surface area (Å²) in [5.41, 5.74) is 0.981. The molecule has 0 aromatic heterocycles. The Morgan fingerprint density at radius 2 is 2.00 bits per heavy atom. The van der Waals surface area contributed by atoms with Gasteiger partial charge < -0.3 is 4.74 Å². The number of nitrogens with zero attached hydrogens (tertiary/aromatic N) is 1. The van der Waals surface area contributed by atoms with Crippen molar-refractivity contribution in [3.8, 4) is 11.8 Å². The lowest BCUT2D eigenvalue weighted by atomic mass is 10.2. The van der Waals surface area contributed by atoms with Crippen molar-refractivity contribution < 1.29 is 9.13 Å². The summed E-state index contributed by atoms with van der Waals surface area (Å²) in [7, 11) is 0. The minimum absolute atomic E-state index is 0.187. The van der Waals surface area contributed by atoms with Crippen molar-refractivity contribution in [1.82, 2.24) is 0 Å². The average Bonchev–Trinajstić information content (AvgIpc) is 2.36. The Morgan fingerprint density at radius 1 is 1.22 bits per heavy atom. The van der Waals surface area contributed by atoms with Gasteiger partial charge in [0.15, 0.2) is 0 Å². The Balaban J connectivity index is 2.16. The monoisotopic (exact) mass is 261 g/mol. The molecule has 0 aliphatic rings. The highest BCUT2D eigenvalue weighted by molar-refractivity contribution is 6.31. The quantitative estimate of drug-likeness (QED) is 0.839. The SMILES string of the molecule is N#Cc1c(Cl)cccc1OCc1cccc(F)c1. The van der Waals surface area contributed by atoms with E-state index in [0.717, 1.165) is 0 Å². The first-order chi connectivity index (χ1) is 8.70. The maximum absolute atomic E-state index is 13.0. The van der Waals surface area contributed by atoms with Gasteiger partial charge in [-0.05, 0) is 29.8 Å². The first-order valence-electron chi connectivity index (χ1n) is 5.26. The van der Waals surface area contributed by atoms with Crippen LogP contribution in [0.3, 0.4) is 0 Å². The van der Waals surface area contributed by atoms with Crippen LogP contribution in [-0.2, 0) is 6.61 Å². The van der Waals surface area contributed by atoms with Crippen molar-refractivity contribution in [3.63, 3.8) is 0 Å². The van der Waals surface area contributed by atoms with Gasteiger partial charge in [0.05, 0.1) is 5.02 Å². The molecule has 0 radical (unpaired) electrons. The third-order valence-electron chi connectivity index (χ3n) is 2.37. The van der Waals surface area contributed by atoms with Crippen molar-refractivity contribution in [2.24, 2.45) is 0 Å². The van der Waals surface area contributed by atoms with E-state index in [1.54, 1.807) is 30.3 Å². The fourth-order valence-corrected chi connectivity index (χ4v) is 1.73. The molecule has 2 aromatic rings. The molecule has 0 amide bonds. The molecular formula is C14H9ClFNO. The lowest BCUT2D eigenvalue weighted by Crippen LogP contribution is -1.98. The van der Waals surface area contributed by atoms with Gasteiger partial charge in [0.1, 0.15) is 29.8 Å². The smallest absolute Gasteiger partial charge is 0.139 e. The topological polar surface area (TPSA) is 33.0 Å². The van der Waals surface area contributed by atoms with Gasteiger partial charge in [0, 0.05) is 0 Å². The van der Waals surface area contributed by atoms with E-state index in [9.17, 15) is 4.39 Å². The van der Waals surface area contributed by atoms with E-state index < -0.39 is 0 Å². The molecule has 0 bridgehead atoms. The van der Waals surface area contributed by atoms with E-state index in [0.29, 0.717) is 16.3 Å². The fourth-order valence-electron chi connectivity index (χ4n) is 1.52. The summed E-state index contributed by atoms with van der Waals surface area (Å²) in [6, 6.07) is 13.1. The van der Waals surface area contributed by atoms with Crippen molar-refractivity contribution in [2.75, 3.05) is 0 Å². The molecule has 2 nitrogen and oxygen atoms in total. The van der Waals surface area contributed by atoms with Crippen LogP contribution in [0, 0.1) is 17.1 Å². The van der Waals surface area contributed by atoms with E-state index in [2.05, 4.69) is 0 Å². The molecule has 4 heteroatoms. The Morgan fingerprint density at radius 3 is 2.72 bits per heavy atom. The number of hydrogen-bond acceptors (Lipinski definition) is 2. The van der Waals surface area contributed by atoms with Gasteiger partial charge in [-0.2, -0.15) is 5.26 Å². The fraction of sp³-hybridized carbons (Fsp3) is 0.0714. The zero-order valence-electron chi connectivity index (χ0n) is 9.36. The molecule has 0 N–H and O–H groups in total. The van der Waals surface area contributed by atoms with Crippen LogP contribution >= 0.6 is 11.6 Å². The van der Waals surface area contributed by atoms with E-state index in [-0.39, 0.29) is 18.0 Å². The zero-order valence-corrected chi connectivity index (χ0v) is 10.1. The van der Waals surface area contributed by atoms with Crippen LogP contribution in [0.25, 0.3) is 0 Å². The van der Waals surface area contributed by atoms with Crippen LogP contribution in [0.2, 0.25) is 5.02 Å². The summed E-state index contributed by atoms with van der Waals surface area (Å²) in [4.78, 5) is 0. The number of hydrogen-bond donors (Lipinski definition) is 0. The number of benzene rings is 2. The largest absolute Gasteiger partial charge is 0.487 e. The van der Waals surface area contributed by atoms with Gasteiger partial charge in [0.25, 0.3) is 0 Å². The zero-order chi connectivity index (χ0) is 13.0. The third-order valence-corrected chi connectivity index (χ3v) is 2.69. The first kappa shape index (κ1) is 12.4. The predicted molar refractivity (Wildman–Crippen MR) is 66.9 cm³/mol. The van der Waals surface area contributed by atoms with E-state index in [1.165, 1.54) is 12.1 Å². The number of halogens is 2. The van der Waals surface area contributed by atoms with Gasteiger partial charge >= 0.3 is 0 Å². The first-order valence-corrected chi connectivity index (χ1v) is 5.64. The van der Waals surface area contributed by atoms with Gasteiger partial charge in [0.2, 0.25) is 0 Å². The molecule has 0 saturated carbocycles. The molecule has 0 aliphatic heterocycles. The highest BCUT2D eigenvalue weighted by Crippen LogP contribution is 2.26. The Kier molecular flexibility index (Phi) is 3.81. The second-order valence-corrected chi connectivity index (χ2v) is 4.05. The molecular weight excluding hydrogens is 253 g/mol. The summed E-state index contributed by atoms with van der Waals surface area (Å²) in [5, 5.41) is 9.31. The lowest BCUT2D eigenvalue weighted by molar-refractivity contribution is 0.304. The van der Waals surface area contributed by atoms with Gasteiger partial charge in [-0.3, -0.25) is 0 Å². The molecule has 0 unspecified atom stereocenters. The molecule has 0 saturated heterocycles. The summed E-state index contributed by atoms with van der Waals surface area (Å²) in [6.07, 6.45) is 0. The highest BCUT2D eigenvalue weighted by atomic mass is 35.5. The minimum Gasteiger partial charge on any atom is -0.487 e. The van der Waals surface area contributed by atoms with Crippen molar-refractivity contribution >= 4 is 11.6 Å². The standard InChI is InChI=1S/C14H9ClFNO/c15-13-5-2-6-14(12(13)8-17)18-9-10-3-1-4-11(16)7-10/h1-7H,9H2. The molecule has 0 spiro atoms. The Hall–Kier alpha value is -2.05. The molecule has 18 heavy (non-hydrogen) atoms. The molecule has 0 atom stereocenters.